The second-order valence-electron chi connectivity index (χ2n) is 5.25. The minimum atomic E-state index is -0.597. The molecular weight excluding hydrogens is 303 g/mol. The minimum absolute atomic E-state index is 0.00222. The molecule has 106 valence electrons. The number of benzene rings is 2. The average Bonchev–Trinajstić information content (AvgIpc) is 3.15. The van der Waals surface area contributed by atoms with Crippen LogP contribution in [0.25, 0.3) is 6.08 Å². The van der Waals surface area contributed by atoms with Crippen LogP contribution in [0.4, 0.5) is 0 Å². The van der Waals surface area contributed by atoms with Gasteiger partial charge in [-0.25, -0.2) is 0 Å². The Hall–Kier alpha value is -1.57. The maximum Gasteiger partial charge on any atom is 0.185 e. The Kier molecular flexibility index (Phi) is 3.88. The van der Waals surface area contributed by atoms with Crippen LogP contribution in [-0.4, -0.2) is 10.1 Å². The van der Waals surface area contributed by atoms with E-state index < -0.39 is 4.33 Å². The standard InChI is InChI=1S/C18H14Cl2O/c19-18(20)12-16(18)14-9-6-13(7-10-14)8-11-17(21)15-4-2-1-3-5-15/h1-11,16H,12H2/b11-8+/t16-/m1/s1. The lowest BCUT2D eigenvalue weighted by molar-refractivity contribution is 0.104. The Balaban J connectivity index is 1.68. The molecule has 1 saturated carbocycles. The van der Waals surface area contributed by atoms with Crippen LogP contribution < -0.4 is 0 Å². The predicted molar refractivity (Wildman–Crippen MR) is 88.0 cm³/mol. The van der Waals surface area contributed by atoms with Crippen molar-refractivity contribution in [3.05, 3.63) is 77.4 Å². The molecule has 0 aromatic heterocycles. The first kappa shape index (κ1) is 14.4. The van der Waals surface area contributed by atoms with Crippen molar-refractivity contribution in [2.75, 3.05) is 0 Å². The second kappa shape index (κ2) is 5.67. The fourth-order valence-corrected chi connectivity index (χ4v) is 2.85. The van der Waals surface area contributed by atoms with Crippen LogP contribution in [-0.2, 0) is 0 Å². The van der Waals surface area contributed by atoms with Gasteiger partial charge in [0.25, 0.3) is 0 Å². The largest absolute Gasteiger partial charge is 0.289 e. The zero-order valence-corrected chi connectivity index (χ0v) is 12.8. The lowest BCUT2D eigenvalue weighted by Gasteiger charge is -2.01. The van der Waals surface area contributed by atoms with Crippen molar-refractivity contribution in [1.29, 1.82) is 0 Å². The van der Waals surface area contributed by atoms with Crippen LogP contribution in [0.2, 0.25) is 0 Å². The van der Waals surface area contributed by atoms with E-state index in [0.717, 1.165) is 17.5 Å². The number of hydrogen-bond donors (Lipinski definition) is 0. The number of ketones is 1. The van der Waals surface area contributed by atoms with Crippen molar-refractivity contribution < 1.29 is 4.79 Å². The lowest BCUT2D eigenvalue weighted by atomic mass is 10.1. The molecule has 21 heavy (non-hydrogen) atoms. The molecule has 1 aliphatic rings. The Bertz CT molecular complexity index is 672. The fourth-order valence-electron chi connectivity index (χ4n) is 2.28. The maximum atomic E-state index is 12.0. The molecule has 0 heterocycles. The summed E-state index contributed by atoms with van der Waals surface area (Å²) in [7, 11) is 0. The van der Waals surface area contributed by atoms with Gasteiger partial charge in [-0.2, -0.15) is 0 Å². The third kappa shape index (κ3) is 3.37. The smallest absolute Gasteiger partial charge is 0.185 e. The number of carbonyl (C=O) groups excluding carboxylic acids is 1. The monoisotopic (exact) mass is 316 g/mol. The summed E-state index contributed by atoms with van der Waals surface area (Å²) in [6.07, 6.45) is 4.22. The number of alkyl halides is 2. The molecule has 1 aliphatic carbocycles. The molecule has 1 atom stereocenters. The van der Waals surface area contributed by atoms with E-state index in [2.05, 4.69) is 0 Å². The SMILES string of the molecule is O=C(/C=C/c1ccc([C@H]2CC2(Cl)Cl)cc1)c1ccccc1. The normalized spacial score (nSPS) is 19.6. The number of rotatable bonds is 4. The second-order valence-corrected chi connectivity index (χ2v) is 6.79. The third-order valence-electron chi connectivity index (χ3n) is 3.65. The topological polar surface area (TPSA) is 17.1 Å². The van der Waals surface area contributed by atoms with Gasteiger partial charge in [0.2, 0.25) is 0 Å². The molecule has 2 aromatic carbocycles. The van der Waals surface area contributed by atoms with Gasteiger partial charge in [0.05, 0.1) is 0 Å². The number of allylic oxidation sites excluding steroid dienone is 1. The minimum Gasteiger partial charge on any atom is -0.289 e. The predicted octanol–water partition coefficient (Wildman–Crippen LogP) is 5.24. The highest BCUT2D eigenvalue weighted by atomic mass is 35.5. The summed E-state index contributed by atoms with van der Waals surface area (Å²) < 4.78 is -0.597. The quantitative estimate of drug-likeness (QED) is 0.428. The Morgan fingerprint density at radius 2 is 1.67 bits per heavy atom. The van der Waals surface area contributed by atoms with Gasteiger partial charge in [-0.3, -0.25) is 4.79 Å². The maximum absolute atomic E-state index is 12.0. The van der Waals surface area contributed by atoms with Crippen molar-refractivity contribution >= 4 is 35.1 Å². The molecular formula is C18H14Cl2O. The molecule has 2 aromatic rings. The van der Waals surface area contributed by atoms with E-state index in [0.29, 0.717) is 5.56 Å². The highest BCUT2D eigenvalue weighted by molar-refractivity contribution is 6.51. The van der Waals surface area contributed by atoms with Gasteiger partial charge >= 0.3 is 0 Å². The van der Waals surface area contributed by atoms with Gasteiger partial charge in [-0.15, -0.1) is 23.2 Å². The van der Waals surface area contributed by atoms with Crippen LogP contribution in [0, 0.1) is 0 Å². The molecule has 1 nitrogen and oxygen atoms in total. The van der Waals surface area contributed by atoms with E-state index in [1.807, 2.05) is 60.7 Å². The van der Waals surface area contributed by atoms with E-state index >= 15 is 0 Å². The van der Waals surface area contributed by atoms with Crippen molar-refractivity contribution in [1.82, 2.24) is 0 Å². The van der Waals surface area contributed by atoms with Gasteiger partial charge in [0, 0.05) is 11.5 Å². The summed E-state index contributed by atoms with van der Waals surface area (Å²) in [6.45, 7) is 0. The Labute approximate surface area is 134 Å². The molecule has 0 spiro atoms. The average molecular weight is 317 g/mol. The van der Waals surface area contributed by atoms with E-state index in [1.165, 1.54) is 0 Å². The molecule has 0 bridgehead atoms. The first-order chi connectivity index (χ1) is 10.1. The zero-order valence-electron chi connectivity index (χ0n) is 11.3. The van der Waals surface area contributed by atoms with Crippen molar-refractivity contribution in [2.24, 2.45) is 0 Å². The Morgan fingerprint density at radius 1 is 1.05 bits per heavy atom. The van der Waals surface area contributed by atoms with Crippen LogP contribution in [0.3, 0.4) is 0 Å². The van der Waals surface area contributed by atoms with Crippen molar-refractivity contribution in [3.63, 3.8) is 0 Å². The van der Waals surface area contributed by atoms with Crippen LogP contribution in [0.15, 0.2) is 60.7 Å². The summed E-state index contributed by atoms with van der Waals surface area (Å²) in [5, 5.41) is 0. The van der Waals surface area contributed by atoms with Crippen LogP contribution in [0.1, 0.15) is 33.8 Å². The number of hydrogen-bond acceptors (Lipinski definition) is 1. The summed E-state index contributed by atoms with van der Waals surface area (Å²) in [6, 6.07) is 17.2. The van der Waals surface area contributed by atoms with Crippen molar-refractivity contribution in [2.45, 2.75) is 16.7 Å². The molecule has 0 unspecified atom stereocenters. The lowest BCUT2D eigenvalue weighted by Crippen LogP contribution is -1.93. The van der Waals surface area contributed by atoms with Gasteiger partial charge in [0.1, 0.15) is 4.33 Å². The number of halogens is 2. The molecule has 0 radical (unpaired) electrons. The van der Waals surface area contributed by atoms with Gasteiger partial charge in [-0.05, 0) is 23.6 Å². The molecule has 3 rings (SSSR count). The summed E-state index contributed by atoms with van der Waals surface area (Å²) in [5.74, 6) is 0.229. The Morgan fingerprint density at radius 3 is 2.24 bits per heavy atom. The summed E-state index contributed by atoms with van der Waals surface area (Å²) >= 11 is 12.1. The van der Waals surface area contributed by atoms with E-state index in [4.69, 9.17) is 23.2 Å². The molecule has 0 amide bonds. The number of carbonyl (C=O) groups is 1. The molecule has 0 saturated heterocycles. The first-order valence-electron chi connectivity index (χ1n) is 6.81. The molecule has 1 fully saturated rings. The first-order valence-corrected chi connectivity index (χ1v) is 7.57. The van der Waals surface area contributed by atoms with Crippen LogP contribution >= 0.6 is 23.2 Å². The van der Waals surface area contributed by atoms with Crippen LogP contribution in [0.5, 0.6) is 0 Å². The van der Waals surface area contributed by atoms with E-state index in [9.17, 15) is 4.79 Å². The third-order valence-corrected chi connectivity index (χ3v) is 4.49. The zero-order chi connectivity index (χ0) is 14.9. The van der Waals surface area contributed by atoms with E-state index in [-0.39, 0.29) is 11.7 Å². The van der Waals surface area contributed by atoms with Gasteiger partial charge in [0.15, 0.2) is 5.78 Å². The summed E-state index contributed by atoms with van der Waals surface area (Å²) in [4.78, 5) is 12.0. The van der Waals surface area contributed by atoms with E-state index in [1.54, 1.807) is 6.08 Å². The fraction of sp³-hybridized carbons (Fsp3) is 0.167. The molecule has 3 heteroatoms. The highest BCUT2D eigenvalue weighted by Gasteiger charge is 2.52. The summed E-state index contributed by atoms with van der Waals surface area (Å²) in [5.41, 5.74) is 2.82. The molecule has 0 N–H and O–H groups in total. The van der Waals surface area contributed by atoms with Gasteiger partial charge < -0.3 is 0 Å². The van der Waals surface area contributed by atoms with Crippen molar-refractivity contribution in [3.8, 4) is 0 Å². The van der Waals surface area contributed by atoms with Gasteiger partial charge in [-0.1, -0.05) is 60.7 Å². The highest BCUT2D eigenvalue weighted by Crippen LogP contribution is 2.59. The molecule has 0 aliphatic heterocycles.